The van der Waals surface area contributed by atoms with E-state index in [1.807, 2.05) is 0 Å². The summed E-state index contributed by atoms with van der Waals surface area (Å²) in [4.78, 5) is 27.9. The second-order valence-electron chi connectivity index (χ2n) is 6.80. The van der Waals surface area contributed by atoms with E-state index in [0.29, 0.717) is 18.7 Å². The first kappa shape index (κ1) is 19.7. The first-order valence-electron chi connectivity index (χ1n) is 8.60. The van der Waals surface area contributed by atoms with Gasteiger partial charge in [-0.25, -0.2) is 4.39 Å². The number of amides is 2. The van der Waals surface area contributed by atoms with E-state index in [2.05, 4.69) is 0 Å². The van der Waals surface area contributed by atoms with Crippen molar-refractivity contribution >= 4 is 29.9 Å². The van der Waals surface area contributed by atoms with Crippen molar-refractivity contribution in [3.05, 3.63) is 29.6 Å². The molecule has 3 rings (SSSR count). The van der Waals surface area contributed by atoms with Gasteiger partial charge in [-0.15, -0.1) is 12.4 Å². The zero-order chi connectivity index (χ0) is 17.3. The molecule has 2 fully saturated rings. The summed E-state index contributed by atoms with van der Waals surface area (Å²) in [5, 5.41) is 0. The molecule has 0 spiro atoms. The molecule has 1 heterocycles. The fourth-order valence-corrected chi connectivity index (χ4v) is 3.61. The number of halogens is 2. The van der Waals surface area contributed by atoms with E-state index in [0.717, 1.165) is 32.1 Å². The highest BCUT2D eigenvalue weighted by Crippen LogP contribution is 2.27. The monoisotopic (exact) mass is 369 g/mol. The highest BCUT2D eigenvalue weighted by molar-refractivity contribution is 5.99. The first-order valence-corrected chi connectivity index (χ1v) is 8.60. The Morgan fingerprint density at radius 1 is 1.28 bits per heavy atom. The van der Waals surface area contributed by atoms with Gasteiger partial charge >= 0.3 is 0 Å². The molecule has 1 aromatic carbocycles. The maximum atomic E-state index is 14.2. The number of carbonyl (C=O) groups is 2. The summed E-state index contributed by atoms with van der Waals surface area (Å²) in [5.74, 6) is -0.856. The molecule has 1 aromatic rings. The molecule has 7 heteroatoms. The Balaban J connectivity index is 0.00000225. The van der Waals surface area contributed by atoms with Crippen LogP contribution in [0.5, 0.6) is 0 Å². The fourth-order valence-electron chi connectivity index (χ4n) is 3.61. The number of nitrogens with zero attached hydrogens (tertiary/aromatic N) is 2. The first-order chi connectivity index (χ1) is 11.5. The molecule has 0 bridgehead atoms. The van der Waals surface area contributed by atoms with Crippen LogP contribution in [0, 0.1) is 5.82 Å². The lowest BCUT2D eigenvalue weighted by Crippen LogP contribution is -2.42. The van der Waals surface area contributed by atoms with Crippen molar-refractivity contribution in [2.75, 3.05) is 18.5 Å². The minimum Gasteiger partial charge on any atom is -0.339 e. The molecule has 0 unspecified atom stereocenters. The van der Waals surface area contributed by atoms with Crippen LogP contribution in [0.15, 0.2) is 18.2 Å². The predicted octanol–water partition coefficient (Wildman–Crippen LogP) is 2.72. The number of nitrogens with two attached hydrogens (primary N) is 1. The predicted molar refractivity (Wildman–Crippen MR) is 97.6 cm³/mol. The van der Waals surface area contributed by atoms with Crippen LogP contribution in [0.2, 0.25) is 0 Å². The number of benzene rings is 1. The van der Waals surface area contributed by atoms with Crippen molar-refractivity contribution in [3.8, 4) is 0 Å². The van der Waals surface area contributed by atoms with Crippen LogP contribution in [0.3, 0.4) is 0 Å². The van der Waals surface area contributed by atoms with Crippen molar-refractivity contribution in [1.82, 2.24) is 4.90 Å². The minimum atomic E-state index is -0.547. The van der Waals surface area contributed by atoms with E-state index in [-0.39, 0.29) is 41.9 Å². The fraction of sp³-hybridized carbons (Fsp3) is 0.556. The number of hydrogen-bond acceptors (Lipinski definition) is 3. The van der Waals surface area contributed by atoms with Gasteiger partial charge in [-0.2, -0.15) is 0 Å². The van der Waals surface area contributed by atoms with Crippen molar-refractivity contribution in [1.29, 1.82) is 0 Å². The molecule has 2 amide bonds. The normalized spacial score (nSPS) is 23.3. The highest BCUT2D eigenvalue weighted by Gasteiger charge is 2.28. The van der Waals surface area contributed by atoms with Crippen molar-refractivity contribution < 1.29 is 14.0 Å². The summed E-state index contributed by atoms with van der Waals surface area (Å²) in [6, 6.07) is 4.64. The molecule has 25 heavy (non-hydrogen) atoms. The lowest BCUT2D eigenvalue weighted by molar-refractivity contribution is -0.117. The molecule has 1 aliphatic carbocycles. The third-order valence-corrected chi connectivity index (χ3v) is 5.17. The van der Waals surface area contributed by atoms with E-state index in [1.165, 1.54) is 12.1 Å². The molecule has 0 aromatic heterocycles. The maximum Gasteiger partial charge on any atom is 0.256 e. The molecule has 0 radical (unpaired) electrons. The molecule has 5 nitrogen and oxygen atoms in total. The summed E-state index contributed by atoms with van der Waals surface area (Å²) in [6.45, 7) is 0.619. The smallest absolute Gasteiger partial charge is 0.256 e. The maximum absolute atomic E-state index is 14.2. The minimum absolute atomic E-state index is 0. The van der Waals surface area contributed by atoms with Gasteiger partial charge in [-0.1, -0.05) is 0 Å². The summed E-state index contributed by atoms with van der Waals surface area (Å²) in [6.07, 6.45) is 4.75. The van der Waals surface area contributed by atoms with Crippen LogP contribution in [-0.4, -0.2) is 42.4 Å². The molecular formula is C18H25ClFN3O2. The van der Waals surface area contributed by atoms with Gasteiger partial charge in [-0.3, -0.25) is 9.59 Å². The topological polar surface area (TPSA) is 66.6 Å². The van der Waals surface area contributed by atoms with Gasteiger partial charge in [0.1, 0.15) is 5.82 Å². The van der Waals surface area contributed by atoms with Gasteiger partial charge in [0.15, 0.2) is 0 Å². The van der Waals surface area contributed by atoms with Crippen LogP contribution in [-0.2, 0) is 4.79 Å². The number of rotatable bonds is 3. The van der Waals surface area contributed by atoms with Gasteiger partial charge in [-0.05, 0) is 50.3 Å². The molecule has 1 saturated carbocycles. The van der Waals surface area contributed by atoms with E-state index in [4.69, 9.17) is 5.73 Å². The van der Waals surface area contributed by atoms with Gasteiger partial charge in [0.2, 0.25) is 5.91 Å². The number of hydrogen-bond donors (Lipinski definition) is 1. The third kappa shape index (κ3) is 4.12. The molecule has 0 atom stereocenters. The van der Waals surface area contributed by atoms with Crippen LogP contribution >= 0.6 is 12.4 Å². The van der Waals surface area contributed by atoms with Crippen LogP contribution in [0.4, 0.5) is 10.1 Å². The third-order valence-electron chi connectivity index (χ3n) is 5.17. The zero-order valence-electron chi connectivity index (χ0n) is 14.4. The Labute approximate surface area is 153 Å². The molecule has 1 saturated heterocycles. The number of anilines is 1. The van der Waals surface area contributed by atoms with Crippen molar-refractivity contribution in [2.45, 2.75) is 50.6 Å². The van der Waals surface area contributed by atoms with Crippen LogP contribution in [0.25, 0.3) is 0 Å². The van der Waals surface area contributed by atoms with E-state index < -0.39 is 5.82 Å². The van der Waals surface area contributed by atoms with E-state index in [9.17, 15) is 14.0 Å². The Kier molecular flexibility index (Phi) is 6.41. The van der Waals surface area contributed by atoms with E-state index in [1.54, 1.807) is 22.9 Å². The van der Waals surface area contributed by atoms with Crippen molar-refractivity contribution in [2.24, 2.45) is 5.73 Å². The lowest BCUT2D eigenvalue weighted by atomic mass is 9.90. The average Bonchev–Trinajstić information content (AvgIpc) is 3.01. The highest BCUT2D eigenvalue weighted by atomic mass is 35.5. The molecule has 138 valence electrons. The SMILES string of the molecule is CN(C(=O)c1cc(N2CCCC2=O)ccc1F)C1CCC(N)CC1.Cl. The summed E-state index contributed by atoms with van der Waals surface area (Å²) < 4.78 is 14.2. The van der Waals surface area contributed by atoms with Gasteiger partial charge in [0.25, 0.3) is 5.91 Å². The van der Waals surface area contributed by atoms with Crippen LogP contribution in [0.1, 0.15) is 48.9 Å². The summed E-state index contributed by atoms with van der Waals surface area (Å²) >= 11 is 0. The largest absolute Gasteiger partial charge is 0.339 e. The summed E-state index contributed by atoms with van der Waals surface area (Å²) in [5.41, 5.74) is 6.54. The van der Waals surface area contributed by atoms with Crippen molar-refractivity contribution in [3.63, 3.8) is 0 Å². The van der Waals surface area contributed by atoms with Gasteiger partial charge in [0, 0.05) is 37.8 Å². The van der Waals surface area contributed by atoms with Gasteiger partial charge in [0.05, 0.1) is 5.56 Å². The molecule has 2 N–H and O–H groups in total. The lowest BCUT2D eigenvalue weighted by Gasteiger charge is -2.33. The Morgan fingerprint density at radius 2 is 1.96 bits per heavy atom. The second-order valence-corrected chi connectivity index (χ2v) is 6.80. The standard InChI is InChI=1S/C18H24FN3O2.ClH/c1-21(13-6-4-12(20)5-7-13)18(24)15-11-14(8-9-16(15)19)22-10-2-3-17(22)23;/h8-9,11-13H,2-7,10,20H2,1H3;1H. The van der Waals surface area contributed by atoms with Crippen LogP contribution < -0.4 is 10.6 Å². The Morgan fingerprint density at radius 3 is 2.56 bits per heavy atom. The molecule has 2 aliphatic rings. The number of carbonyl (C=O) groups excluding carboxylic acids is 2. The Bertz CT molecular complexity index is 647. The zero-order valence-corrected chi connectivity index (χ0v) is 15.2. The Hall–Kier alpha value is -1.66. The second kappa shape index (κ2) is 8.15. The summed E-state index contributed by atoms with van der Waals surface area (Å²) in [7, 11) is 1.72. The molecular weight excluding hydrogens is 345 g/mol. The van der Waals surface area contributed by atoms with Gasteiger partial charge < -0.3 is 15.5 Å². The quantitative estimate of drug-likeness (QED) is 0.890. The van der Waals surface area contributed by atoms with E-state index >= 15 is 0 Å². The average molecular weight is 370 g/mol. The molecule has 1 aliphatic heterocycles.